The maximum Gasteiger partial charge on any atom is 0.450 e. The average molecular weight is 550 g/mol. The van der Waals surface area contributed by atoms with Gasteiger partial charge in [-0.25, -0.2) is 4.79 Å². The monoisotopic (exact) mass is 549 g/mol. The third-order valence-corrected chi connectivity index (χ3v) is 5.70. The van der Waals surface area contributed by atoms with Gasteiger partial charge >= 0.3 is 12.1 Å². The number of benzene rings is 3. The van der Waals surface area contributed by atoms with Gasteiger partial charge in [-0.05, 0) is 42.0 Å². The Labute approximate surface area is 216 Å². The van der Waals surface area contributed by atoms with Gasteiger partial charge in [0.2, 0.25) is 11.2 Å². The van der Waals surface area contributed by atoms with Crippen molar-refractivity contribution in [2.24, 2.45) is 0 Å². The van der Waals surface area contributed by atoms with Crippen LogP contribution in [0.5, 0.6) is 17.2 Å². The molecule has 0 fully saturated rings. The molecule has 0 N–H and O–H groups in total. The molecule has 38 heavy (non-hydrogen) atoms. The predicted molar refractivity (Wildman–Crippen MR) is 129 cm³/mol. The zero-order chi connectivity index (χ0) is 27.8. The van der Waals surface area contributed by atoms with E-state index in [4.69, 9.17) is 30.2 Å². The molecule has 1 heterocycles. The molecule has 0 radical (unpaired) electrons. The van der Waals surface area contributed by atoms with E-state index in [0.29, 0.717) is 0 Å². The Hall–Kier alpha value is -4.58. The first-order valence-corrected chi connectivity index (χ1v) is 10.9. The standard InChI is InChI=1S/C25H15ClF3NO8/c1-35-18-8-4-12(10-20(18)36-2)21-22(31)15-6-5-14(11-19(15)38-23(21)25(27,28)29)37-24(32)13-3-7-16(26)17(9-13)30(33)34/h3-11H,1-2H3. The van der Waals surface area contributed by atoms with Crippen molar-refractivity contribution in [1.82, 2.24) is 0 Å². The summed E-state index contributed by atoms with van der Waals surface area (Å²) >= 11 is 5.74. The number of nitro benzene ring substituents is 1. The third kappa shape index (κ3) is 4.98. The average Bonchev–Trinajstić information content (AvgIpc) is 2.87. The summed E-state index contributed by atoms with van der Waals surface area (Å²) in [5, 5.41) is 10.6. The molecule has 0 spiro atoms. The zero-order valence-electron chi connectivity index (χ0n) is 19.4. The lowest BCUT2D eigenvalue weighted by atomic mass is 10.0. The van der Waals surface area contributed by atoms with Crippen LogP contribution in [0.15, 0.2) is 63.8 Å². The van der Waals surface area contributed by atoms with Gasteiger partial charge in [0.05, 0.1) is 35.7 Å². The van der Waals surface area contributed by atoms with E-state index in [-0.39, 0.29) is 38.8 Å². The van der Waals surface area contributed by atoms with Gasteiger partial charge < -0.3 is 18.6 Å². The van der Waals surface area contributed by atoms with Crippen molar-refractivity contribution in [3.05, 3.63) is 91.3 Å². The fourth-order valence-corrected chi connectivity index (χ4v) is 3.82. The molecule has 1 aromatic heterocycles. The first-order valence-electron chi connectivity index (χ1n) is 10.5. The van der Waals surface area contributed by atoms with Crippen LogP contribution in [-0.2, 0) is 6.18 Å². The largest absolute Gasteiger partial charge is 0.493 e. The van der Waals surface area contributed by atoms with E-state index >= 15 is 0 Å². The van der Waals surface area contributed by atoms with E-state index in [2.05, 4.69) is 0 Å². The van der Waals surface area contributed by atoms with Crippen LogP contribution in [0.1, 0.15) is 16.1 Å². The first-order chi connectivity index (χ1) is 17.9. The van der Waals surface area contributed by atoms with E-state index in [0.717, 1.165) is 24.3 Å². The highest BCUT2D eigenvalue weighted by atomic mass is 35.5. The van der Waals surface area contributed by atoms with E-state index in [1.807, 2.05) is 0 Å². The fraction of sp³-hybridized carbons (Fsp3) is 0.120. The van der Waals surface area contributed by atoms with E-state index in [1.54, 1.807) is 0 Å². The quantitative estimate of drug-likeness (QED) is 0.119. The van der Waals surface area contributed by atoms with E-state index < -0.39 is 45.1 Å². The number of hydrogen-bond acceptors (Lipinski definition) is 8. The molecule has 0 bridgehead atoms. The number of methoxy groups -OCH3 is 2. The van der Waals surface area contributed by atoms with Crippen LogP contribution in [-0.4, -0.2) is 25.1 Å². The molecule has 13 heteroatoms. The molecule has 9 nitrogen and oxygen atoms in total. The smallest absolute Gasteiger partial charge is 0.450 e. The van der Waals surface area contributed by atoms with Gasteiger partial charge in [0.1, 0.15) is 16.4 Å². The summed E-state index contributed by atoms with van der Waals surface area (Å²) in [6.45, 7) is 0. The summed E-state index contributed by atoms with van der Waals surface area (Å²) in [7, 11) is 2.64. The summed E-state index contributed by atoms with van der Waals surface area (Å²) in [5.74, 6) is -2.55. The van der Waals surface area contributed by atoms with Crippen molar-refractivity contribution >= 4 is 34.2 Å². The van der Waals surface area contributed by atoms with Crippen molar-refractivity contribution < 1.29 is 41.5 Å². The summed E-state index contributed by atoms with van der Waals surface area (Å²) in [6, 6.07) is 10.3. The molecule has 0 aliphatic carbocycles. The Bertz CT molecular complexity index is 1650. The normalized spacial score (nSPS) is 11.3. The maximum absolute atomic E-state index is 14.0. The Morgan fingerprint density at radius 3 is 2.34 bits per heavy atom. The number of fused-ring (bicyclic) bond motifs is 1. The van der Waals surface area contributed by atoms with Crippen LogP contribution in [0, 0.1) is 10.1 Å². The zero-order valence-corrected chi connectivity index (χ0v) is 20.2. The molecular weight excluding hydrogens is 535 g/mol. The van der Waals surface area contributed by atoms with Crippen LogP contribution in [0.4, 0.5) is 18.9 Å². The Balaban J connectivity index is 1.80. The highest BCUT2D eigenvalue weighted by Crippen LogP contribution is 2.40. The van der Waals surface area contributed by atoms with Crippen molar-refractivity contribution in [1.29, 1.82) is 0 Å². The third-order valence-electron chi connectivity index (χ3n) is 5.38. The number of carbonyl (C=O) groups excluding carboxylic acids is 1. The van der Waals surface area contributed by atoms with Crippen molar-refractivity contribution in [2.45, 2.75) is 6.18 Å². The predicted octanol–water partition coefficient (Wildman–Crippen LogP) is 6.28. The molecule has 0 saturated heterocycles. The van der Waals surface area contributed by atoms with Crippen molar-refractivity contribution in [2.75, 3.05) is 14.2 Å². The second-order valence-electron chi connectivity index (χ2n) is 7.67. The van der Waals surface area contributed by atoms with Crippen LogP contribution in [0.2, 0.25) is 5.02 Å². The number of halogens is 4. The highest BCUT2D eigenvalue weighted by molar-refractivity contribution is 6.32. The lowest BCUT2D eigenvalue weighted by Gasteiger charge is -2.15. The van der Waals surface area contributed by atoms with Gasteiger partial charge in [-0.15, -0.1) is 0 Å². The second kappa shape index (κ2) is 10.1. The van der Waals surface area contributed by atoms with Gasteiger partial charge in [0.15, 0.2) is 11.5 Å². The number of nitrogens with zero attached hydrogens (tertiary/aromatic N) is 1. The minimum Gasteiger partial charge on any atom is -0.493 e. The van der Waals surface area contributed by atoms with Crippen LogP contribution in [0.3, 0.4) is 0 Å². The minimum atomic E-state index is -5.06. The number of alkyl halides is 3. The Kier molecular flexibility index (Phi) is 7.01. The Morgan fingerprint density at radius 2 is 1.71 bits per heavy atom. The number of carbonyl (C=O) groups is 1. The lowest BCUT2D eigenvalue weighted by Crippen LogP contribution is -2.16. The topological polar surface area (TPSA) is 118 Å². The molecule has 0 amide bonds. The number of rotatable bonds is 6. The molecule has 196 valence electrons. The van der Waals surface area contributed by atoms with Crippen molar-refractivity contribution in [3.63, 3.8) is 0 Å². The Morgan fingerprint density at radius 1 is 1.00 bits per heavy atom. The van der Waals surface area contributed by atoms with Gasteiger partial charge in [0.25, 0.3) is 5.69 Å². The van der Waals surface area contributed by atoms with Gasteiger partial charge in [-0.3, -0.25) is 14.9 Å². The molecule has 4 rings (SSSR count). The maximum atomic E-state index is 14.0. The van der Waals surface area contributed by atoms with Crippen LogP contribution >= 0.6 is 11.6 Å². The molecule has 0 saturated carbocycles. The minimum absolute atomic E-state index is 0.0994. The highest BCUT2D eigenvalue weighted by Gasteiger charge is 2.39. The van der Waals surface area contributed by atoms with Gasteiger partial charge in [0, 0.05) is 12.1 Å². The molecule has 4 aromatic rings. The number of hydrogen-bond donors (Lipinski definition) is 0. The molecule has 0 unspecified atom stereocenters. The molecular formula is C25H15ClF3NO8. The van der Waals surface area contributed by atoms with Gasteiger partial charge in [-0.2, -0.15) is 13.2 Å². The lowest BCUT2D eigenvalue weighted by molar-refractivity contribution is -0.384. The summed E-state index contributed by atoms with van der Waals surface area (Å²) in [4.78, 5) is 36.0. The van der Waals surface area contributed by atoms with E-state index in [9.17, 15) is 32.9 Å². The number of ether oxygens (including phenoxy) is 3. The second-order valence-corrected chi connectivity index (χ2v) is 8.08. The molecule has 0 aliphatic rings. The molecule has 0 aliphatic heterocycles. The summed E-state index contributed by atoms with van der Waals surface area (Å²) in [5.41, 5.74) is -3.13. The molecule has 3 aromatic carbocycles. The fourth-order valence-electron chi connectivity index (χ4n) is 3.64. The summed E-state index contributed by atoms with van der Waals surface area (Å²) < 4.78 is 62.5. The summed E-state index contributed by atoms with van der Waals surface area (Å²) in [6.07, 6.45) is -5.06. The number of nitro groups is 1. The van der Waals surface area contributed by atoms with Crippen LogP contribution < -0.4 is 19.6 Å². The van der Waals surface area contributed by atoms with Gasteiger partial charge in [-0.1, -0.05) is 17.7 Å². The van der Waals surface area contributed by atoms with Crippen LogP contribution in [0.25, 0.3) is 22.1 Å². The number of esters is 1. The first kappa shape index (κ1) is 26.5. The molecule has 0 atom stereocenters. The van der Waals surface area contributed by atoms with Crippen molar-refractivity contribution in [3.8, 4) is 28.4 Å². The van der Waals surface area contributed by atoms with E-state index in [1.165, 1.54) is 44.6 Å². The SMILES string of the molecule is COc1ccc(-c2c(C(F)(F)F)oc3cc(OC(=O)c4ccc(Cl)c([N+](=O)[O-])c4)ccc3c2=O)cc1OC.